The summed E-state index contributed by atoms with van der Waals surface area (Å²) in [6.45, 7) is 4.43. The lowest BCUT2D eigenvalue weighted by molar-refractivity contribution is 0.175. The topological polar surface area (TPSA) is 41.6 Å². The molecule has 0 aliphatic carbocycles. The van der Waals surface area contributed by atoms with E-state index < -0.39 is 0 Å². The normalized spacial score (nSPS) is 18.9. The van der Waals surface area contributed by atoms with Crippen molar-refractivity contribution in [1.29, 1.82) is 0 Å². The van der Waals surface area contributed by atoms with Crippen LogP contribution < -0.4 is 5.32 Å². The predicted octanol–water partition coefficient (Wildman–Crippen LogP) is 3.49. The van der Waals surface area contributed by atoms with E-state index >= 15 is 0 Å². The fraction of sp³-hybridized carbons (Fsp3) is 0.562. The molecule has 20 heavy (non-hydrogen) atoms. The van der Waals surface area contributed by atoms with Crippen molar-refractivity contribution >= 4 is 11.7 Å². The summed E-state index contributed by atoms with van der Waals surface area (Å²) < 4.78 is 5.17. The number of hydrogen-bond acceptors (Lipinski definition) is 2. The molecule has 1 fully saturated rings. The SMILES string of the molecule is CC[C@@H]1CCCN(C(=O)Nc2ccccc2COC)C1. The van der Waals surface area contributed by atoms with Gasteiger partial charge in [0.15, 0.2) is 0 Å². The Bertz CT molecular complexity index is 448. The first-order valence-corrected chi connectivity index (χ1v) is 7.37. The molecule has 0 radical (unpaired) electrons. The van der Waals surface area contributed by atoms with E-state index in [1.54, 1.807) is 7.11 Å². The predicted molar refractivity (Wildman–Crippen MR) is 80.8 cm³/mol. The van der Waals surface area contributed by atoms with Gasteiger partial charge in [0, 0.05) is 31.5 Å². The summed E-state index contributed by atoms with van der Waals surface area (Å²) >= 11 is 0. The van der Waals surface area contributed by atoms with Gasteiger partial charge in [0.25, 0.3) is 0 Å². The number of benzene rings is 1. The van der Waals surface area contributed by atoms with Gasteiger partial charge in [-0.05, 0) is 24.8 Å². The molecule has 1 atom stereocenters. The lowest BCUT2D eigenvalue weighted by atomic mass is 9.96. The van der Waals surface area contributed by atoms with E-state index in [1.807, 2.05) is 29.2 Å². The van der Waals surface area contributed by atoms with Crippen molar-refractivity contribution in [3.8, 4) is 0 Å². The number of urea groups is 1. The van der Waals surface area contributed by atoms with E-state index in [2.05, 4.69) is 12.2 Å². The molecule has 1 aromatic carbocycles. The molecule has 0 spiro atoms. The van der Waals surface area contributed by atoms with Crippen molar-refractivity contribution in [2.75, 3.05) is 25.5 Å². The molecule has 1 N–H and O–H groups in total. The number of likely N-dealkylation sites (tertiary alicyclic amines) is 1. The van der Waals surface area contributed by atoms with Gasteiger partial charge < -0.3 is 15.0 Å². The Morgan fingerprint density at radius 3 is 3.00 bits per heavy atom. The maximum Gasteiger partial charge on any atom is 0.321 e. The van der Waals surface area contributed by atoms with Gasteiger partial charge in [-0.2, -0.15) is 0 Å². The molecule has 0 bridgehead atoms. The van der Waals surface area contributed by atoms with E-state index in [0.29, 0.717) is 12.5 Å². The number of nitrogens with zero attached hydrogens (tertiary/aromatic N) is 1. The van der Waals surface area contributed by atoms with Crippen LogP contribution in [0.5, 0.6) is 0 Å². The number of ether oxygens (including phenoxy) is 1. The Hall–Kier alpha value is -1.55. The first kappa shape index (κ1) is 14.9. The average molecular weight is 276 g/mol. The number of nitrogens with one attached hydrogen (secondary N) is 1. The lowest BCUT2D eigenvalue weighted by Gasteiger charge is -2.32. The summed E-state index contributed by atoms with van der Waals surface area (Å²) in [6, 6.07) is 7.79. The van der Waals surface area contributed by atoms with Crippen LogP contribution in [0.4, 0.5) is 10.5 Å². The first-order valence-electron chi connectivity index (χ1n) is 7.37. The van der Waals surface area contributed by atoms with Gasteiger partial charge in [0.05, 0.1) is 6.61 Å². The van der Waals surface area contributed by atoms with Gasteiger partial charge in [-0.25, -0.2) is 4.79 Å². The van der Waals surface area contributed by atoms with Crippen LogP contribution in [0.25, 0.3) is 0 Å². The number of hydrogen-bond donors (Lipinski definition) is 1. The number of methoxy groups -OCH3 is 1. The summed E-state index contributed by atoms with van der Waals surface area (Å²) in [6.07, 6.45) is 3.48. The van der Waals surface area contributed by atoms with E-state index in [0.717, 1.165) is 37.2 Å². The average Bonchev–Trinajstić information content (AvgIpc) is 2.49. The number of carbonyl (C=O) groups excluding carboxylic acids is 1. The van der Waals surface area contributed by atoms with Gasteiger partial charge >= 0.3 is 6.03 Å². The Kier molecular flexibility index (Phi) is 5.41. The van der Waals surface area contributed by atoms with Crippen LogP contribution in [0, 0.1) is 5.92 Å². The smallest absolute Gasteiger partial charge is 0.321 e. The van der Waals surface area contributed by atoms with Crippen LogP contribution in [-0.4, -0.2) is 31.1 Å². The monoisotopic (exact) mass is 276 g/mol. The molecule has 1 aliphatic heterocycles. The van der Waals surface area contributed by atoms with Gasteiger partial charge in [0.1, 0.15) is 0 Å². The van der Waals surface area contributed by atoms with Gasteiger partial charge in [-0.3, -0.25) is 0 Å². The van der Waals surface area contributed by atoms with Gasteiger partial charge in [-0.15, -0.1) is 0 Å². The van der Waals surface area contributed by atoms with Crippen LogP contribution in [-0.2, 0) is 11.3 Å². The van der Waals surface area contributed by atoms with E-state index in [1.165, 1.54) is 6.42 Å². The number of rotatable bonds is 4. The molecular weight excluding hydrogens is 252 g/mol. The zero-order valence-corrected chi connectivity index (χ0v) is 12.4. The summed E-state index contributed by atoms with van der Waals surface area (Å²) in [4.78, 5) is 14.3. The quantitative estimate of drug-likeness (QED) is 0.914. The molecule has 2 amide bonds. The highest BCUT2D eigenvalue weighted by atomic mass is 16.5. The van der Waals surface area contributed by atoms with Crippen LogP contribution in [0.2, 0.25) is 0 Å². The third-order valence-electron chi connectivity index (χ3n) is 3.94. The second-order valence-electron chi connectivity index (χ2n) is 5.38. The van der Waals surface area contributed by atoms with Crippen LogP contribution >= 0.6 is 0 Å². The van der Waals surface area contributed by atoms with Crippen LogP contribution in [0.1, 0.15) is 31.7 Å². The van der Waals surface area contributed by atoms with Crippen LogP contribution in [0.3, 0.4) is 0 Å². The fourth-order valence-electron chi connectivity index (χ4n) is 2.70. The molecule has 4 heteroatoms. The molecule has 2 rings (SSSR count). The van der Waals surface area contributed by atoms with E-state index in [-0.39, 0.29) is 6.03 Å². The second kappa shape index (κ2) is 7.29. The largest absolute Gasteiger partial charge is 0.380 e. The molecular formula is C16H24N2O2. The van der Waals surface area contributed by atoms with Crippen molar-refractivity contribution < 1.29 is 9.53 Å². The maximum atomic E-state index is 12.4. The zero-order valence-electron chi connectivity index (χ0n) is 12.4. The minimum Gasteiger partial charge on any atom is -0.380 e. The van der Waals surface area contributed by atoms with Crippen LogP contribution in [0.15, 0.2) is 24.3 Å². The number of carbonyl (C=O) groups is 1. The minimum absolute atomic E-state index is 0.00621. The van der Waals surface area contributed by atoms with E-state index in [9.17, 15) is 4.79 Å². The van der Waals surface area contributed by atoms with Crippen molar-refractivity contribution in [1.82, 2.24) is 4.90 Å². The second-order valence-corrected chi connectivity index (χ2v) is 5.38. The summed E-state index contributed by atoms with van der Waals surface area (Å²) in [5, 5.41) is 3.02. The molecule has 4 nitrogen and oxygen atoms in total. The molecule has 1 aromatic rings. The maximum absolute atomic E-state index is 12.4. The lowest BCUT2D eigenvalue weighted by Crippen LogP contribution is -2.42. The number of anilines is 1. The third kappa shape index (κ3) is 3.73. The van der Waals surface area contributed by atoms with E-state index in [4.69, 9.17) is 4.74 Å². The Morgan fingerprint density at radius 2 is 2.25 bits per heavy atom. The Labute approximate surface area is 121 Å². The standard InChI is InChI=1S/C16H24N2O2/c1-3-13-7-6-10-18(11-13)16(19)17-15-9-5-4-8-14(15)12-20-2/h4-5,8-9,13H,3,6-7,10-12H2,1-2H3,(H,17,19)/t13-/m1/s1. The molecule has 1 saturated heterocycles. The summed E-state index contributed by atoms with van der Waals surface area (Å²) in [5.41, 5.74) is 1.85. The van der Waals surface area contributed by atoms with Gasteiger partial charge in [0.2, 0.25) is 0 Å². The molecule has 1 aliphatic rings. The highest BCUT2D eigenvalue weighted by Gasteiger charge is 2.22. The molecule has 0 saturated carbocycles. The van der Waals surface area contributed by atoms with Crippen molar-refractivity contribution in [2.24, 2.45) is 5.92 Å². The highest BCUT2D eigenvalue weighted by molar-refractivity contribution is 5.90. The summed E-state index contributed by atoms with van der Waals surface area (Å²) in [5.74, 6) is 0.642. The highest BCUT2D eigenvalue weighted by Crippen LogP contribution is 2.21. The van der Waals surface area contributed by atoms with Crippen molar-refractivity contribution in [3.05, 3.63) is 29.8 Å². The number of para-hydroxylation sites is 1. The molecule has 0 unspecified atom stereocenters. The first-order chi connectivity index (χ1) is 9.74. The number of piperidine rings is 1. The Morgan fingerprint density at radius 1 is 1.45 bits per heavy atom. The third-order valence-corrected chi connectivity index (χ3v) is 3.94. The number of amides is 2. The molecule has 1 heterocycles. The molecule has 0 aromatic heterocycles. The van der Waals surface area contributed by atoms with Crippen molar-refractivity contribution in [3.63, 3.8) is 0 Å². The van der Waals surface area contributed by atoms with Crippen molar-refractivity contribution in [2.45, 2.75) is 32.8 Å². The fourth-order valence-corrected chi connectivity index (χ4v) is 2.70. The minimum atomic E-state index is 0.00621. The Balaban J connectivity index is 2.00. The summed E-state index contributed by atoms with van der Waals surface area (Å²) in [7, 11) is 1.66. The van der Waals surface area contributed by atoms with Gasteiger partial charge in [-0.1, -0.05) is 31.5 Å². The zero-order chi connectivity index (χ0) is 14.4. The molecule has 110 valence electrons.